The van der Waals surface area contributed by atoms with Crippen LogP contribution in [0.5, 0.6) is 0 Å². The summed E-state index contributed by atoms with van der Waals surface area (Å²) in [5.41, 5.74) is 0. The van der Waals surface area contributed by atoms with Gasteiger partial charge in [-0.25, -0.2) is 4.79 Å². The Kier molecular flexibility index (Phi) is 4.20. The molecule has 0 N–H and O–H groups in total. The van der Waals surface area contributed by atoms with Crippen LogP contribution >= 0.6 is 0 Å². The second-order valence-corrected chi connectivity index (χ2v) is 3.32. The Hall–Kier alpha value is -0.770. The molecule has 1 atom stereocenters. The van der Waals surface area contributed by atoms with Crippen LogP contribution in [0.25, 0.3) is 0 Å². The van der Waals surface area contributed by atoms with Crippen LogP contribution < -0.4 is 0 Å². The van der Waals surface area contributed by atoms with Gasteiger partial charge in [0.25, 0.3) is 0 Å². The van der Waals surface area contributed by atoms with E-state index >= 15 is 0 Å². The van der Waals surface area contributed by atoms with Crippen molar-refractivity contribution in [3.63, 3.8) is 0 Å². The Bertz CT molecular complexity index is 197. The van der Waals surface area contributed by atoms with Gasteiger partial charge < -0.3 is 4.74 Å². The molecule has 2 fully saturated rings. The van der Waals surface area contributed by atoms with Gasteiger partial charge in [-0.2, -0.15) is 0 Å². The van der Waals surface area contributed by atoms with E-state index in [1.54, 1.807) is 0 Å². The average molecular weight is 200 g/mol. The summed E-state index contributed by atoms with van der Waals surface area (Å²) in [6, 6.07) is 0.311. The molecule has 0 spiro atoms. The fourth-order valence-electron chi connectivity index (χ4n) is 1.84. The molecule has 0 aromatic carbocycles. The fourth-order valence-corrected chi connectivity index (χ4v) is 1.84. The zero-order valence-corrected chi connectivity index (χ0v) is 9.32. The highest BCUT2D eigenvalue weighted by atomic mass is 16.6. The first-order valence-electron chi connectivity index (χ1n) is 5.47. The lowest BCUT2D eigenvalue weighted by Crippen LogP contribution is -2.51. The number of hydrogen-bond donors (Lipinski definition) is 0. The lowest BCUT2D eigenvalue weighted by Gasteiger charge is -2.34. The molecule has 2 rings (SSSR count). The highest BCUT2D eigenvalue weighted by Gasteiger charge is 2.36. The Morgan fingerprint density at radius 2 is 2.14 bits per heavy atom. The minimum Gasteiger partial charge on any atom is -0.447 e. The van der Waals surface area contributed by atoms with Gasteiger partial charge in [0.2, 0.25) is 0 Å². The second-order valence-electron chi connectivity index (χ2n) is 3.32. The normalized spacial score (nSPS) is 26.4. The van der Waals surface area contributed by atoms with Gasteiger partial charge in [-0.15, -0.1) is 0 Å². The monoisotopic (exact) mass is 200 g/mol. The molecule has 2 aliphatic heterocycles. The Morgan fingerprint density at radius 1 is 1.43 bits per heavy atom. The van der Waals surface area contributed by atoms with Gasteiger partial charge in [0, 0.05) is 19.6 Å². The summed E-state index contributed by atoms with van der Waals surface area (Å²) in [6.07, 6.45) is -0.129. The van der Waals surface area contributed by atoms with Gasteiger partial charge in [0.15, 0.2) is 0 Å². The quantitative estimate of drug-likeness (QED) is 0.637. The van der Waals surface area contributed by atoms with Gasteiger partial charge in [0.05, 0.1) is 6.04 Å². The number of cyclic esters (lactones) is 1. The number of carbonyl (C=O) groups is 1. The third-order valence-corrected chi connectivity index (χ3v) is 2.65. The molecular formula is C10H20N2O2. The molecule has 0 saturated carbocycles. The predicted octanol–water partition coefficient (Wildman–Crippen LogP) is 1.17. The zero-order chi connectivity index (χ0) is 10.6. The maximum absolute atomic E-state index is 11.1. The maximum atomic E-state index is 11.1. The topological polar surface area (TPSA) is 32.8 Å². The molecule has 0 aromatic heterocycles. The molecule has 2 heterocycles. The molecule has 1 amide bonds. The summed E-state index contributed by atoms with van der Waals surface area (Å²) in [5.74, 6) is 0. The molecule has 0 unspecified atom stereocenters. The van der Waals surface area contributed by atoms with E-state index in [-0.39, 0.29) is 6.09 Å². The largest absolute Gasteiger partial charge is 0.447 e. The predicted molar refractivity (Wildman–Crippen MR) is 55.3 cm³/mol. The van der Waals surface area contributed by atoms with Gasteiger partial charge in [-0.3, -0.25) is 9.80 Å². The number of nitrogens with zero attached hydrogens (tertiary/aromatic N) is 2. The first-order chi connectivity index (χ1) is 6.81. The van der Waals surface area contributed by atoms with E-state index in [2.05, 4.69) is 11.8 Å². The average Bonchev–Trinajstić information content (AvgIpc) is 2.63. The Labute approximate surface area is 85.8 Å². The molecule has 0 radical (unpaired) electrons. The maximum Gasteiger partial charge on any atom is 0.410 e. The molecule has 82 valence electrons. The number of carbonyl (C=O) groups excluding carboxylic acids is 1. The minimum atomic E-state index is -0.129. The van der Waals surface area contributed by atoms with Crippen molar-refractivity contribution in [2.45, 2.75) is 26.8 Å². The van der Waals surface area contributed by atoms with E-state index in [1.165, 1.54) is 0 Å². The first kappa shape index (κ1) is 11.3. The van der Waals surface area contributed by atoms with Crippen LogP contribution in [0.15, 0.2) is 0 Å². The lowest BCUT2D eigenvalue weighted by molar-refractivity contribution is 0.123. The van der Waals surface area contributed by atoms with E-state index in [9.17, 15) is 4.79 Å². The zero-order valence-electron chi connectivity index (χ0n) is 9.32. The molecular weight excluding hydrogens is 180 g/mol. The van der Waals surface area contributed by atoms with E-state index in [0.717, 1.165) is 26.2 Å². The third-order valence-electron chi connectivity index (χ3n) is 2.65. The van der Waals surface area contributed by atoms with Crippen molar-refractivity contribution in [2.24, 2.45) is 0 Å². The lowest BCUT2D eigenvalue weighted by atomic mass is 10.2. The smallest absolute Gasteiger partial charge is 0.410 e. The molecule has 0 aliphatic carbocycles. The number of ether oxygens (including phenoxy) is 1. The molecule has 4 heteroatoms. The van der Waals surface area contributed by atoms with E-state index in [0.29, 0.717) is 12.6 Å². The highest BCUT2D eigenvalue weighted by molar-refractivity contribution is 5.70. The van der Waals surface area contributed by atoms with Crippen LogP contribution in [-0.4, -0.2) is 54.7 Å². The molecule has 0 aromatic rings. The van der Waals surface area contributed by atoms with Crippen LogP contribution in [-0.2, 0) is 4.74 Å². The second kappa shape index (κ2) is 5.20. The van der Waals surface area contributed by atoms with Crippen molar-refractivity contribution >= 4 is 6.09 Å². The van der Waals surface area contributed by atoms with E-state index in [4.69, 9.17) is 4.74 Å². The van der Waals surface area contributed by atoms with Gasteiger partial charge >= 0.3 is 6.09 Å². The van der Waals surface area contributed by atoms with Crippen molar-refractivity contribution < 1.29 is 9.53 Å². The molecule has 2 aliphatic rings. The summed E-state index contributed by atoms with van der Waals surface area (Å²) in [4.78, 5) is 15.3. The van der Waals surface area contributed by atoms with Crippen LogP contribution in [0.2, 0.25) is 0 Å². The summed E-state index contributed by atoms with van der Waals surface area (Å²) in [6.45, 7) is 10.6. The summed E-state index contributed by atoms with van der Waals surface area (Å²) in [7, 11) is 0. The molecule has 4 nitrogen and oxygen atoms in total. The van der Waals surface area contributed by atoms with Crippen LogP contribution in [0.1, 0.15) is 20.8 Å². The number of rotatable bonds is 1. The van der Waals surface area contributed by atoms with Gasteiger partial charge in [0.1, 0.15) is 6.61 Å². The molecule has 2 saturated heterocycles. The number of piperazine rings is 1. The number of likely N-dealkylation sites (N-methyl/N-ethyl adjacent to an activating group) is 1. The number of amides is 1. The van der Waals surface area contributed by atoms with Crippen LogP contribution in [0.4, 0.5) is 4.79 Å². The molecule has 0 bridgehead atoms. The number of hydrogen-bond acceptors (Lipinski definition) is 3. The Morgan fingerprint density at radius 3 is 2.79 bits per heavy atom. The van der Waals surface area contributed by atoms with Crippen molar-refractivity contribution in [1.82, 2.24) is 9.80 Å². The fraction of sp³-hybridized carbons (Fsp3) is 0.900. The summed E-state index contributed by atoms with van der Waals surface area (Å²) < 4.78 is 4.95. The SMILES string of the molecule is CC.CCN1CCN2C(=O)OC[C@H]2C1. The van der Waals surface area contributed by atoms with Crippen LogP contribution in [0, 0.1) is 0 Å². The standard InChI is InChI=1S/C8H14N2O2.C2H6/c1-2-9-3-4-10-7(5-9)6-12-8(10)11;1-2/h7H,2-6H2,1H3;1-2H3/t7-;/m1./s1. The first-order valence-corrected chi connectivity index (χ1v) is 5.47. The highest BCUT2D eigenvalue weighted by Crippen LogP contribution is 2.16. The number of fused-ring (bicyclic) bond motifs is 1. The van der Waals surface area contributed by atoms with Crippen molar-refractivity contribution in [1.29, 1.82) is 0 Å². The van der Waals surface area contributed by atoms with Crippen molar-refractivity contribution in [3.8, 4) is 0 Å². The van der Waals surface area contributed by atoms with Gasteiger partial charge in [-0.1, -0.05) is 20.8 Å². The Balaban J connectivity index is 0.000000461. The van der Waals surface area contributed by atoms with Crippen molar-refractivity contribution in [2.75, 3.05) is 32.8 Å². The summed E-state index contributed by atoms with van der Waals surface area (Å²) >= 11 is 0. The van der Waals surface area contributed by atoms with E-state index in [1.807, 2.05) is 18.7 Å². The minimum absolute atomic E-state index is 0.129. The van der Waals surface area contributed by atoms with E-state index < -0.39 is 0 Å². The van der Waals surface area contributed by atoms with Crippen LogP contribution in [0.3, 0.4) is 0 Å². The van der Waals surface area contributed by atoms with Crippen molar-refractivity contribution in [3.05, 3.63) is 0 Å². The third kappa shape index (κ3) is 2.18. The molecule has 14 heavy (non-hydrogen) atoms. The summed E-state index contributed by atoms with van der Waals surface area (Å²) in [5, 5.41) is 0. The van der Waals surface area contributed by atoms with Gasteiger partial charge in [-0.05, 0) is 6.54 Å².